The highest BCUT2D eigenvalue weighted by Gasteiger charge is 2.37. The molecule has 29 heavy (non-hydrogen) atoms. The molecule has 0 radical (unpaired) electrons. The lowest BCUT2D eigenvalue weighted by atomic mass is 9.91. The summed E-state index contributed by atoms with van der Waals surface area (Å²) in [5.41, 5.74) is -3.02. The average molecular weight is 414 g/mol. The smallest absolute Gasteiger partial charge is 0.375 e. The number of carbonyl (C=O) groups excluding carboxylic acids is 1. The van der Waals surface area contributed by atoms with E-state index in [4.69, 9.17) is 4.74 Å². The lowest BCUT2D eigenvalue weighted by molar-refractivity contribution is -0.136. The third kappa shape index (κ3) is 3.78. The number of ether oxygens (including phenoxy) is 1. The molecule has 8 nitrogen and oxygen atoms in total. The fourth-order valence-corrected chi connectivity index (χ4v) is 3.65. The molecule has 0 spiro atoms. The van der Waals surface area contributed by atoms with Gasteiger partial charge in [0.15, 0.2) is 0 Å². The summed E-state index contributed by atoms with van der Waals surface area (Å²) in [6, 6.07) is 0.894. The predicted molar refractivity (Wildman–Crippen MR) is 97.7 cm³/mol. The molecule has 0 bridgehead atoms. The van der Waals surface area contributed by atoms with Crippen LogP contribution in [0.15, 0.2) is 15.7 Å². The van der Waals surface area contributed by atoms with E-state index < -0.39 is 28.4 Å². The van der Waals surface area contributed by atoms with Crippen LogP contribution in [0.5, 0.6) is 0 Å². The van der Waals surface area contributed by atoms with Crippen LogP contribution >= 0.6 is 0 Å². The number of pyridine rings is 1. The number of hydrogen-bond donors (Lipinski definition) is 0. The van der Waals surface area contributed by atoms with E-state index in [2.05, 4.69) is 4.98 Å². The second-order valence-corrected chi connectivity index (χ2v) is 7.08. The van der Waals surface area contributed by atoms with Gasteiger partial charge in [-0.1, -0.05) is 0 Å². The molecule has 1 aliphatic rings. The maximum Gasteiger partial charge on any atom is 0.417 e. The van der Waals surface area contributed by atoms with Crippen molar-refractivity contribution in [1.29, 1.82) is 0 Å². The standard InChI is InChI=1S/C18H21F3N4O4/c1-23-15-14(16(27)24(2)17(23)28)11(18(19,20)21)8-12(22-15)10-4-6-25(7-5-10)13(26)9-29-3/h8,10H,4-7,9H2,1-3H3. The van der Waals surface area contributed by atoms with Gasteiger partial charge in [0.05, 0.1) is 10.9 Å². The van der Waals surface area contributed by atoms with Crippen LogP contribution in [0.2, 0.25) is 0 Å². The largest absolute Gasteiger partial charge is 0.417 e. The second kappa shape index (κ2) is 7.62. The normalized spacial score (nSPS) is 15.9. The van der Waals surface area contributed by atoms with Crippen molar-refractivity contribution in [3.63, 3.8) is 0 Å². The number of amides is 1. The van der Waals surface area contributed by atoms with E-state index in [1.54, 1.807) is 4.90 Å². The predicted octanol–water partition coefficient (Wildman–Crippen LogP) is 1.00. The zero-order chi connectivity index (χ0) is 21.5. The minimum absolute atomic E-state index is 0.0531. The first-order valence-corrected chi connectivity index (χ1v) is 9.00. The molecule has 0 aliphatic carbocycles. The van der Waals surface area contributed by atoms with Gasteiger partial charge >= 0.3 is 11.9 Å². The van der Waals surface area contributed by atoms with Crippen molar-refractivity contribution in [2.75, 3.05) is 26.8 Å². The maximum absolute atomic E-state index is 13.7. The Balaban J connectivity index is 2.08. The number of rotatable bonds is 3. The second-order valence-electron chi connectivity index (χ2n) is 7.08. The molecule has 0 atom stereocenters. The summed E-state index contributed by atoms with van der Waals surface area (Å²) in [4.78, 5) is 42.3. The lowest BCUT2D eigenvalue weighted by Gasteiger charge is -2.32. The van der Waals surface area contributed by atoms with Crippen LogP contribution in [0, 0.1) is 0 Å². The SMILES string of the molecule is COCC(=O)N1CCC(c2cc(C(F)(F)F)c3c(=O)n(C)c(=O)n(C)c3n2)CC1. The fourth-order valence-electron chi connectivity index (χ4n) is 3.65. The maximum atomic E-state index is 13.7. The van der Waals surface area contributed by atoms with Crippen LogP contribution in [0.25, 0.3) is 11.0 Å². The highest BCUT2D eigenvalue weighted by atomic mass is 19.4. The zero-order valence-electron chi connectivity index (χ0n) is 16.2. The molecule has 11 heteroatoms. The molecule has 1 saturated heterocycles. The molecular formula is C18H21F3N4O4. The van der Waals surface area contributed by atoms with Crippen LogP contribution in [0.3, 0.4) is 0 Å². The summed E-state index contributed by atoms with van der Waals surface area (Å²) in [6.45, 7) is 0.676. The molecule has 0 N–H and O–H groups in total. The molecule has 2 aromatic rings. The summed E-state index contributed by atoms with van der Waals surface area (Å²) in [6.07, 6.45) is -3.94. The Morgan fingerprint density at radius 3 is 2.38 bits per heavy atom. The van der Waals surface area contributed by atoms with Crippen LogP contribution < -0.4 is 11.2 Å². The van der Waals surface area contributed by atoms with Crippen molar-refractivity contribution in [3.8, 4) is 0 Å². The van der Waals surface area contributed by atoms with Gasteiger partial charge in [-0.2, -0.15) is 13.2 Å². The monoisotopic (exact) mass is 414 g/mol. The molecule has 1 fully saturated rings. The Morgan fingerprint density at radius 1 is 1.21 bits per heavy atom. The first-order chi connectivity index (χ1) is 13.6. The number of halogens is 3. The van der Waals surface area contributed by atoms with E-state index in [1.807, 2.05) is 0 Å². The minimum atomic E-state index is -4.78. The van der Waals surface area contributed by atoms with Crippen LogP contribution in [0.1, 0.15) is 30.0 Å². The molecule has 2 aromatic heterocycles. The van der Waals surface area contributed by atoms with Crippen LogP contribution in [-0.4, -0.2) is 51.7 Å². The third-order valence-electron chi connectivity index (χ3n) is 5.27. The summed E-state index contributed by atoms with van der Waals surface area (Å²) in [5, 5.41) is -0.626. The van der Waals surface area contributed by atoms with Gasteiger partial charge in [-0.05, 0) is 18.9 Å². The summed E-state index contributed by atoms with van der Waals surface area (Å²) in [5.74, 6) is -0.509. The summed E-state index contributed by atoms with van der Waals surface area (Å²) < 4.78 is 47.6. The van der Waals surface area contributed by atoms with Crippen molar-refractivity contribution < 1.29 is 22.7 Å². The van der Waals surface area contributed by atoms with Gasteiger partial charge in [-0.25, -0.2) is 9.78 Å². The number of nitrogens with zero attached hydrogens (tertiary/aromatic N) is 4. The van der Waals surface area contributed by atoms with Gasteiger partial charge < -0.3 is 9.64 Å². The van der Waals surface area contributed by atoms with Crippen LogP contribution in [-0.2, 0) is 29.8 Å². The van der Waals surface area contributed by atoms with Gasteiger partial charge in [-0.3, -0.25) is 18.7 Å². The number of alkyl halides is 3. The van der Waals surface area contributed by atoms with Crippen molar-refractivity contribution in [2.45, 2.75) is 24.9 Å². The van der Waals surface area contributed by atoms with E-state index in [0.29, 0.717) is 30.5 Å². The van der Waals surface area contributed by atoms with Gasteiger partial charge in [-0.15, -0.1) is 0 Å². The van der Waals surface area contributed by atoms with Crippen molar-refractivity contribution in [3.05, 3.63) is 38.2 Å². The van der Waals surface area contributed by atoms with E-state index in [1.165, 1.54) is 14.2 Å². The molecule has 3 heterocycles. The highest BCUT2D eigenvalue weighted by Crippen LogP contribution is 2.36. The molecule has 158 valence electrons. The number of carbonyl (C=O) groups is 1. The van der Waals surface area contributed by atoms with E-state index in [-0.39, 0.29) is 29.8 Å². The Morgan fingerprint density at radius 2 is 1.83 bits per heavy atom. The summed E-state index contributed by atoms with van der Waals surface area (Å²) >= 11 is 0. The Hall–Kier alpha value is -2.69. The number of piperidine rings is 1. The number of aromatic nitrogens is 3. The number of hydrogen-bond acceptors (Lipinski definition) is 5. The van der Waals surface area contributed by atoms with E-state index in [0.717, 1.165) is 17.7 Å². The van der Waals surface area contributed by atoms with Crippen molar-refractivity contribution >= 4 is 16.9 Å². The Labute approximate surface area is 163 Å². The van der Waals surface area contributed by atoms with Crippen molar-refractivity contribution in [2.24, 2.45) is 14.1 Å². The molecule has 0 saturated carbocycles. The fraction of sp³-hybridized carbons (Fsp3) is 0.556. The Kier molecular flexibility index (Phi) is 5.52. The number of aryl methyl sites for hydroxylation is 1. The molecule has 0 unspecified atom stereocenters. The van der Waals surface area contributed by atoms with Gasteiger partial charge in [0.2, 0.25) is 5.91 Å². The van der Waals surface area contributed by atoms with Crippen molar-refractivity contribution in [1.82, 2.24) is 19.0 Å². The highest BCUT2D eigenvalue weighted by molar-refractivity contribution is 5.79. The molecule has 0 aromatic carbocycles. The topological polar surface area (TPSA) is 86.4 Å². The molecule has 1 amide bonds. The minimum Gasteiger partial charge on any atom is -0.375 e. The van der Waals surface area contributed by atoms with E-state index >= 15 is 0 Å². The number of likely N-dealkylation sites (tertiary alicyclic amines) is 1. The van der Waals surface area contributed by atoms with Gasteiger partial charge in [0, 0.05) is 45.9 Å². The quantitative estimate of drug-likeness (QED) is 0.748. The molecular weight excluding hydrogens is 393 g/mol. The average Bonchev–Trinajstić information content (AvgIpc) is 2.69. The van der Waals surface area contributed by atoms with Crippen LogP contribution in [0.4, 0.5) is 13.2 Å². The Bertz CT molecular complexity index is 1070. The zero-order valence-corrected chi connectivity index (χ0v) is 16.2. The lowest BCUT2D eigenvalue weighted by Crippen LogP contribution is -2.40. The van der Waals surface area contributed by atoms with Gasteiger partial charge in [0.1, 0.15) is 12.3 Å². The number of fused-ring (bicyclic) bond motifs is 1. The third-order valence-corrected chi connectivity index (χ3v) is 5.27. The van der Waals surface area contributed by atoms with E-state index in [9.17, 15) is 27.6 Å². The molecule has 1 aliphatic heterocycles. The first kappa shape index (κ1) is 21.0. The number of methoxy groups -OCH3 is 1. The van der Waals surface area contributed by atoms with Gasteiger partial charge in [0.25, 0.3) is 5.56 Å². The molecule has 3 rings (SSSR count). The first-order valence-electron chi connectivity index (χ1n) is 9.00. The summed E-state index contributed by atoms with van der Waals surface area (Å²) in [7, 11) is 3.83.